The van der Waals surface area contributed by atoms with Crippen LogP contribution in [0.25, 0.3) is 55.6 Å². The van der Waals surface area contributed by atoms with Crippen LogP contribution >= 0.6 is 0 Å². The van der Waals surface area contributed by atoms with Crippen LogP contribution in [-0.2, 0) is 4.79 Å². The second kappa shape index (κ2) is 9.30. The lowest BCUT2D eigenvalue weighted by Gasteiger charge is -2.20. The molecule has 1 aromatic carbocycles. The summed E-state index contributed by atoms with van der Waals surface area (Å²) in [6, 6.07) is 14.2. The molecule has 1 saturated carbocycles. The molecule has 0 saturated heterocycles. The highest BCUT2D eigenvalue weighted by atomic mass is 16.3. The number of aromatic nitrogens is 5. The number of aromatic amines is 2. The van der Waals surface area contributed by atoms with E-state index in [4.69, 9.17) is 4.42 Å². The molecule has 1 fully saturated rings. The molecule has 0 unspecified atom stereocenters. The zero-order valence-corrected chi connectivity index (χ0v) is 20.7. The summed E-state index contributed by atoms with van der Waals surface area (Å²) in [5, 5.41) is 12.8. The van der Waals surface area contributed by atoms with Crippen LogP contribution in [0.15, 0.2) is 78.0 Å². The van der Waals surface area contributed by atoms with Crippen LogP contribution in [0.4, 0.5) is 5.69 Å². The molecule has 1 amide bonds. The van der Waals surface area contributed by atoms with Gasteiger partial charge in [0.2, 0.25) is 5.91 Å². The number of nitrogens with one attached hydrogen (secondary N) is 3. The second-order valence-electron chi connectivity index (χ2n) is 9.93. The van der Waals surface area contributed by atoms with Gasteiger partial charge >= 0.3 is 0 Å². The van der Waals surface area contributed by atoms with Crippen LogP contribution in [0.2, 0.25) is 0 Å². The smallest absolute Gasteiger partial charge is 0.227 e. The average molecular weight is 503 g/mol. The molecule has 1 aliphatic carbocycles. The SMILES string of the molecule is O=C(Nc1cncc(-c2ccc3[nH]nc(-c4cc5c(-c6ccoc6)ccnc5[nH]4)c3c2)c1)C1CCCCC1. The van der Waals surface area contributed by atoms with Gasteiger partial charge in [0.25, 0.3) is 0 Å². The molecular formula is C30H26N6O2. The molecule has 1 aliphatic rings. The molecule has 7 rings (SSSR count). The molecule has 5 heterocycles. The lowest BCUT2D eigenvalue weighted by atomic mass is 9.88. The number of fused-ring (bicyclic) bond motifs is 2. The predicted molar refractivity (Wildman–Crippen MR) is 147 cm³/mol. The van der Waals surface area contributed by atoms with Crippen LogP contribution in [0, 0.1) is 5.92 Å². The maximum atomic E-state index is 12.8. The van der Waals surface area contributed by atoms with E-state index in [1.807, 2.05) is 36.5 Å². The first-order valence-electron chi connectivity index (χ1n) is 13.0. The molecule has 8 nitrogen and oxygen atoms in total. The molecule has 0 bridgehead atoms. The maximum Gasteiger partial charge on any atom is 0.227 e. The minimum Gasteiger partial charge on any atom is -0.472 e. The minimum absolute atomic E-state index is 0.0945. The van der Waals surface area contributed by atoms with E-state index < -0.39 is 0 Å². The van der Waals surface area contributed by atoms with Gasteiger partial charge in [0.1, 0.15) is 11.3 Å². The molecule has 6 aromatic rings. The maximum absolute atomic E-state index is 12.8. The number of rotatable bonds is 5. The third kappa shape index (κ3) is 4.04. The first-order valence-corrected chi connectivity index (χ1v) is 13.0. The van der Waals surface area contributed by atoms with E-state index >= 15 is 0 Å². The van der Waals surface area contributed by atoms with Gasteiger partial charge in [-0.3, -0.25) is 14.9 Å². The Morgan fingerprint density at radius 2 is 1.87 bits per heavy atom. The fourth-order valence-electron chi connectivity index (χ4n) is 5.50. The normalized spacial score (nSPS) is 14.3. The molecule has 0 aliphatic heterocycles. The Balaban J connectivity index is 1.23. The monoisotopic (exact) mass is 502 g/mol. The Hall–Kier alpha value is -4.72. The van der Waals surface area contributed by atoms with Gasteiger partial charge in [-0.25, -0.2) is 4.98 Å². The Morgan fingerprint density at radius 1 is 0.947 bits per heavy atom. The number of hydrogen-bond donors (Lipinski definition) is 3. The van der Waals surface area contributed by atoms with Crippen molar-refractivity contribution in [2.45, 2.75) is 32.1 Å². The number of hydrogen-bond acceptors (Lipinski definition) is 5. The van der Waals surface area contributed by atoms with E-state index in [1.165, 1.54) is 6.42 Å². The van der Waals surface area contributed by atoms with E-state index in [2.05, 4.69) is 42.6 Å². The van der Waals surface area contributed by atoms with Crippen molar-refractivity contribution in [2.75, 3.05) is 5.32 Å². The van der Waals surface area contributed by atoms with Crippen molar-refractivity contribution in [3.8, 4) is 33.6 Å². The number of benzene rings is 1. The highest BCUT2D eigenvalue weighted by Gasteiger charge is 2.21. The largest absolute Gasteiger partial charge is 0.472 e. The summed E-state index contributed by atoms with van der Waals surface area (Å²) in [4.78, 5) is 25.1. The lowest BCUT2D eigenvalue weighted by molar-refractivity contribution is -0.120. The van der Waals surface area contributed by atoms with E-state index in [9.17, 15) is 4.79 Å². The van der Waals surface area contributed by atoms with Gasteiger partial charge in [-0.05, 0) is 60.4 Å². The summed E-state index contributed by atoms with van der Waals surface area (Å²) in [6.45, 7) is 0. The third-order valence-corrected chi connectivity index (χ3v) is 7.50. The molecule has 8 heteroatoms. The van der Waals surface area contributed by atoms with Crippen LogP contribution in [0.1, 0.15) is 32.1 Å². The summed E-state index contributed by atoms with van der Waals surface area (Å²) < 4.78 is 5.29. The van der Waals surface area contributed by atoms with Crippen LogP contribution < -0.4 is 5.32 Å². The van der Waals surface area contributed by atoms with Gasteiger partial charge in [-0.15, -0.1) is 0 Å². The highest BCUT2D eigenvalue weighted by Crippen LogP contribution is 2.35. The summed E-state index contributed by atoms with van der Waals surface area (Å²) in [5.74, 6) is 0.190. The van der Waals surface area contributed by atoms with Gasteiger partial charge in [0, 0.05) is 40.2 Å². The standard InChI is InChI=1S/C30H26N6O2/c37-30(18-4-2-1-3-5-18)33-22-12-21(15-31-16-22)19-6-7-26-25(13-19)28(36-35-26)27-14-24-23(20-9-11-38-17-20)8-10-32-29(24)34-27/h6-18H,1-5H2,(H,32,34)(H,33,37)(H,35,36). The molecule has 188 valence electrons. The number of amides is 1. The van der Waals surface area contributed by atoms with Gasteiger partial charge < -0.3 is 14.7 Å². The Bertz CT molecular complexity index is 1760. The highest BCUT2D eigenvalue weighted by molar-refractivity contribution is 6.00. The Kier molecular flexibility index (Phi) is 5.50. The summed E-state index contributed by atoms with van der Waals surface area (Å²) >= 11 is 0. The molecule has 0 spiro atoms. The lowest BCUT2D eigenvalue weighted by Crippen LogP contribution is -2.24. The molecule has 5 aromatic heterocycles. The Morgan fingerprint density at radius 3 is 2.74 bits per heavy atom. The van der Waals surface area contributed by atoms with Crippen molar-refractivity contribution in [2.24, 2.45) is 5.92 Å². The number of furan rings is 1. The fraction of sp³-hybridized carbons (Fsp3) is 0.200. The fourth-order valence-corrected chi connectivity index (χ4v) is 5.50. The number of H-pyrrole nitrogens is 2. The van der Waals surface area contributed by atoms with Gasteiger partial charge in [-0.2, -0.15) is 5.10 Å². The van der Waals surface area contributed by atoms with Crippen LogP contribution in [0.5, 0.6) is 0 Å². The average Bonchev–Trinajstić information content (AvgIpc) is 3.73. The van der Waals surface area contributed by atoms with E-state index in [-0.39, 0.29) is 11.8 Å². The van der Waals surface area contributed by atoms with Crippen molar-refractivity contribution in [1.29, 1.82) is 0 Å². The van der Waals surface area contributed by atoms with Gasteiger partial charge in [-0.1, -0.05) is 25.3 Å². The quantitative estimate of drug-likeness (QED) is 0.236. The Labute approximate surface area is 218 Å². The van der Waals surface area contributed by atoms with Crippen molar-refractivity contribution < 1.29 is 9.21 Å². The van der Waals surface area contributed by atoms with Crippen LogP contribution in [-0.4, -0.2) is 31.1 Å². The van der Waals surface area contributed by atoms with Crippen molar-refractivity contribution in [3.63, 3.8) is 0 Å². The van der Waals surface area contributed by atoms with E-state index in [0.717, 1.165) is 86.9 Å². The molecule has 0 atom stereocenters. The molecular weight excluding hydrogens is 476 g/mol. The van der Waals surface area contributed by atoms with Crippen LogP contribution in [0.3, 0.4) is 0 Å². The van der Waals surface area contributed by atoms with E-state index in [0.29, 0.717) is 0 Å². The number of pyridine rings is 2. The summed E-state index contributed by atoms with van der Waals surface area (Å²) in [6.07, 6.45) is 14.1. The molecule has 0 radical (unpaired) electrons. The summed E-state index contributed by atoms with van der Waals surface area (Å²) in [7, 11) is 0. The molecule has 38 heavy (non-hydrogen) atoms. The zero-order valence-electron chi connectivity index (χ0n) is 20.7. The van der Waals surface area contributed by atoms with E-state index in [1.54, 1.807) is 24.9 Å². The van der Waals surface area contributed by atoms with Crippen molar-refractivity contribution in [1.82, 2.24) is 25.1 Å². The predicted octanol–water partition coefficient (Wildman–Crippen LogP) is 6.95. The first-order chi connectivity index (χ1) is 18.7. The summed E-state index contributed by atoms with van der Waals surface area (Å²) in [5.41, 5.74) is 8.10. The number of nitrogens with zero attached hydrogens (tertiary/aromatic N) is 3. The van der Waals surface area contributed by atoms with Gasteiger partial charge in [0.05, 0.1) is 35.6 Å². The van der Waals surface area contributed by atoms with Crippen molar-refractivity contribution >= 4 is 33.5 Å². The zero-order chi connectivity index (χ0) is 25.5. The topological polar surface area (TPSA) is 112 Å². The molecule has 3 N–H and O–H groups in total. The second-order valence-corrected chi connectivity index (χ2v) is 9.93. The third-order valence-electron chi connectivity index (χ3n) is 7.50. The minimum atomic E-state index is 0.0945. The first kappa shape index (κ1) is 22.5. The van der Waals surface area contributed by atoms with Gasteiger partial charge in [0.15, 0.2) is 0 Å². The number of carbonyl (C=O) groups is 1. The van der Waals surface area contributed by atoms with Crippen molar-refractivity contribution in [3.05, 3.63) is 73.6 Å². The number of anilines is 1. The number of carbonyl (C=O) groups excluding carboxylic acids is 1.